The van der Waals surface area contributed by atoms with E-state index in [-0.39, 0.29) is 29.4 Å². The van der Waals surface area contributed by atoms with Crippen LogP contribution in [0.4, 0.5) is 0 Å². The van der Waals surface area contributed by atoms with Gasteiger partial charge in [-0.15, -0.1) is 0 Å². The summed E-state index contributed by atoms with van der Waals surface area (Å²) in [5.74, 6) is -0.282. The van der Waals surface area contributed by atoms with E-state index in [0.717, 1.165) is 32.5 Å². The molecule has 0 unspecified atom stereocenters. The van der Waals surface area contributed by atoms with Gasteiger partial charge in [0.25, 0.3) is 0 Å². The fourth-order valence-corrected chi connectivity index (χ4v) is 5.59. The largest absolute Gasteiger partial charge is 0.465 e. The summed E-state index contributed by atoms with van der Waals surface area (Å²) in [4.78, 5) is 26.6. The molecule has 7 nitrogen and oxygen atoms in total. The molecule has 0 saturated carbocycles. The summed E-state index contributed by atoms with van der Waals surface area (Å²) in [5, 5.41) is 3.25. The summed E-state index contributed by atoms with van der Waals surface area (Å²) in [7, 11) is 3.07. The van der Waals surface area contributed by atoms with E-state index in [1.807, 2.05) is 37.3 Å². The number of ether oxygens (including phenoxy) is 3. The van der Waals surface area contributed by atoms with Crippen LogP contribution in [0.3, 0.4) is 0 Å². The number of hydrogen-bond donors (Lipinski definition) is 1. The summed E-state index contributed by atoms with van der Waals surface area (Å²) < 4.78 is 16.5. The Hall–Kier alpha value is -2.74. The Morgan fingerprint density at radius 2 is 1.74 bits per heavy atom. The number of fused-ring (bicyclic) bond motifs is 2. The smallest absolute Gasteiger partial charge is 0.337 e. The summed E-state index contributed by atoms with van der Waals surface area (Å²) in [6.07, 6.45) is 2.20. The molecule has 1 N–H and O–H groups in total. The molecule has 0 bridgehead atoms. The van der Waals surface area contributed by atoms with Crippen molar-refractivity contribution in [2.24, 2.45) is 0 Å². The second-order valence-electron chi connectivity index (χ2n) is 9.39. The van der Waals surface area contributed by atoms with E-state index in [1.54, 1.807) is 7.11 Å². The van der Waals surface area contributed by atoms with Crippen molar-refractivity contribution in [2.45, 2.75) is 50.3 Å². The lowest BCUT2D eigenvalue weighted by atomic mass is 9.71. The number of piperidine rings is 1. The lowest BCUT2D eigenvalue weighted by molar-refractivity contribution is -0.124. The van der Waals surface area contributed by atoms with Gasteiger partial charge in [0.15, 0.2) is 0 Å². The van der Waals surface area contributed by atoms with Crippen LogP contribution in [-0.2, 0) is 31.0 Å². The minimum Gasteiger partial charge on any atom is -0.465 e. The predicted molar refractivity (Wildman–Crippen MR) is 133 cm³/mol. The zero-order chi connectivity index (χ0) is 24.8. The summed E-state index contributed by atoms with van der Waals surface area (Å²) >= 11 is 0. The Kier molecular flexibility index (Phi) is 8.21. The van der Waals surface area contributed by atoms with Gasteiger partial charge in [-0.1, -0.05) is 43.3 Å². The van der Waals surface area contributed by atoms with Crippen LogP contribution in [0.1, 0.15) is 59.3 Å². The van der Waals surface area contributed by atoms with E-state index >= 15 is 0 Å². The third-order valence-corrected chi connectivity index (χ3v) is 7.43. The Bertz CT molecular complexity index is 1010. The van der Waals surface area contributed by atoms with Crippen LogP contribution in [-0.4, -0.2) is 63.4 Å². The molecular weight excluding hydrogens is 444 g/mol. The second kappa shape index (κ2) is 11.3. The van der Waals surface area contributed by atoms with Crippen molar-refractivity contribution >= 4 is 11.9 Å². The standard InChI is InChI=1S/C28H36N2O5/c1-4-24(31)29-25-22-7-5-6-8-23(22)28(26(25)35-18-17-33-2)13-15-30(16-14-28)19-20-9-11-21(12-10-20)27(32)34-3/h5-12,25-26H,4,13-19H2,1-3H3,(H,29,31)/t25-,26+/m0/s1. The quantitative estimate of drug-likeness (QED) is 0.436. The minimum atomic E-state index is -0.319. The number of likely N-dealkylation sites (tertiary alicyclic amines) is 1. The van der Waals surface area contributed by atoms with Gasteiger partial charge >= 0.3 is 5.97 Å². The average Bonchev–Trinajstić information content (AvgIpc) is 3.14. The van der Waals surface area contributed by atoms with Gasteiger partial charge in [-0.3, -0.25) is 9.69 Å². The van der Waals surface area contributed by atoms with E-state index in [2.05, 4.69) is 28.4 Å². The molecule has 7 heteroatoms. The number of carbonyl (C=O) groups is 2. The van der Waals surface area contributed by atoms with Crippen molar-refractivity contribution < 1.29 is 23.8 Å². The maximum Gasteiger partial charge on any atom is 0.337 e. The first-order chi connectivity index (χ1) is 17.0. The highest BCUT2D eigenvalue weighted by molar-refractivity contribution is 5.89. The highest BCUT2D eigenvalue weighted by Crippen LogP contribution is 2.52. The van der Waals surface area contributed by atoms with Gasteiger partial charge in [0.05, 0.1) is 38.0 Å². The van der Waals surface area contributed by atoms with Crippen LogP contribution >= 0.6 is 0 Å². The number of carbonyl (C=O) groups excluding carboxylic acids is 2. The number of hydrogen-bond acceptors (Lipinski definition) is 6. The van der Waals surface area contributed by atoms with Crippen molar-refractivity contribution in [2.75, 3.05) is 40.5 Å². The molecule has 1 spiro atoms. The van der Waals surface area contributed by atoms with E-state index < -0.39 is 0 Å². The summed E-state index contributed by atoms with van der Waals surface area (Å²) in [6.45, 7) is 5.56. The predicted octanol–water partition coefficient (Wildman–Crippen LogP) is 3.62. The van der Waals surface area contributed by atoms with Crippen LogP contribution in [0.5, 0.6) is 0 Å². The highest BCUT2D eigenvalue weighted by atomic mass is 16.5. The third-order valence-electron chi connectivity index (χ3n) is 7.43. The molecule has 2 aromatic rings. The Labute approximate surface area is 207 Å². The maximum absolute atomic E-state index is 12.4. The number of methoxy groups -OCH3 is 2. The molecule has 4 rings (SSSR count). The SMILES string of the molecule is CCC(=O)N[C@H]1c2ccccc2C2(CCN(Cc3ccc(C(=O)OC)cc3)CC2)[C@@H]1OCCOC. The zero-order valence-corrected chi connectivity index (χ0v) is 20.9. The van der Waals surface area contributed by atoms with E-state index in [9.17, 15) is 9.59 Å². The highest BCUT2D eigenvalue weighted by Gasteiger charge is 2.54. The molecule has 1 saturated heterocycles. The number of nitrogens with zero attached hydrogens (tertiary/aromatic N) is 1. The molecule has 1 aliphatic heterocycles. The zero-order valence-electron chi connectivity index (χ0n) is 20.9. The first kappa shape index (κ1) is 25.4. The topological polar surface area (TPSA) is 77.1 Å². The molecule has 188 valence electrons. The fraction of sp³-hybridized carbons (Fsp3) is 0.500. The molecule has 1 fully saturated rings. The minimum absolute atomic E-state index is 0.0371. The number of esters is 1. The molecule has 2 atom stereocenters. The van der Waals surface area contributed by atoms with E-state index in [1.165, 1.54) is 23.8 Å². The molecule has 1 aliphatic carbocycles. The van der Waals surface area contributed by atoms with Gasteiger partial charge in [-0.05, 0) is 54.8 Å². The first-order valence-electron chi connectivity index (χ1n) is 12.4. The van der Waals surface area contributed by atoms with Crippen LogP contribution < -0.4 is 5.32 Å². The van der Waals surface area contributed by atoms with Crippen LogP contribution in [0.2, 0.25) is 0 Å². The van der Waals surface area contributed by atoms with Crippen LogP contribution in [0.25, 0.3) is 0 Å². The normalized spacial score (nSPS) is 21.0. The molecule has 0 aromatic heterocycles. The molecule has 2 aliphatic rings. The molecule has 1 heterocycles. The van der Waals surface area contributed by atoms with Crippen molar-refractivity contribution in [3.8, 4) is 0 Å². The van der Waals surface area contributed by atoms with Gasteiger partial charge in [-0.25, -0.2) is 4.79 Å². The van der Waals surface area contributed by atoms with Crippen LogP contribution in [0.15, 0.2) is 48.5 Å². The van der Waals surface area contributed by atoms with Gasteiger partial charge < -0.3 is 19.5 Å². The fourth-order valence-electron chi connectivity index (χ4n) is 5.59. The number of rotatable bonds is 9. The molecule has 2 aromatic carbocycles. The van der Waals surface area contributed by atoms with Crippen molar-refractivity contribution in [1.82, 2.24) is 10.2 Å². The van der Waals surface area contributed by atoms with Gasteiger partial charge in [0, 0.05) is 25.5 Å². The molecule has 35 heavy (non-hydrogen) atoms. The lowest BCUT2D eigenvalue weighted by Crippen LogP contribution is -2.51. The Morgan fingerprint density at radius 1 is 1.03 bits per heavy atom. The number of nitrogens with one attached hydrogen (secondary N) is 1. The van der Waals surface area contributed by atoms with Crippen LogP contribution in [0, 0.1) is 0 Å². The van der Waals surface area contributed by atoms with Crippen molar-refractivity contribution in [1.29, 1.82) is 0 Å². The van der Waals surface area contributed by atoms with Crippen molar-refractivity contribution in [3.05, 3.63) is 70.8 Å². The van der Waals surface area contributed by atoms with E-state index in [4.69, 9.17) is 14.2 Å². The summed E-state index contributed by atoms with van der Waals surface area (Å²) in [5.41, 5.74) is 4.05. The number of amides is 1. The molecule has 0 radical (unpaired) electrons. The molecular formula is C28H36N2O5. The Balaban J connectivity index is 1.52. The Morgan fingerprint density at radius 3 is 2.40 bits per heavy atom. The number of benzene rings is 2. The molecule has 1 amide bonds. The van der Waals surface area contributed by atoms with E-state index in [0.29, 0.717) is 25.2 Å². The van der Waals surface area contributed by atoms with Gasteiger partial charge in [0.2, 0.25) is 5.91 Å². The first-order valence-corrected chi connectivity index (χ1v) is 12.4. The van der Waals surface area contributed by atoms with Gasteiger partial charge in [-0.2, -0.15) is 0 Å². The average molecular weight is 481 g/mol. The van der Waals surface area contributed by atoms with Gasteiger partial charge in [0.1, 0.15) is 0 Å². The second-order valence-corrected chi connectivity index (χ2v) is 9.39. The summed E-state index contributed by atoms with van der Waals surface area (Å²) in [6, 6.07) is 15.9. The lowest BCUT2D eigenvalue weighted by Gasteiger charge is -2.44. The van der Waals surface area contributed by atoms with Crippen molar-refractivity contribution in [3.63, 3.8) is 0 Å². The third kappa shape index (κ3) is 5.27. The maximum atomic E-state index is 12.4. The monoisotopic (exact) mass is 480 g/mol.